The number of aryl methyl sites for hydroxylation is 1. The molecule has 0 radical (unpaired) electrons. The highest BCUT2D eigenvalue weighted by atomic mass is 16.6. The molecule has 1 unspecified atom stereocenters. The quantitative estimate of drug-likeness (QED) is 0.499. The molecule has 0 aliphatic carbocycles. The van der Waals surface area contributed by atoms with Crippen LogP contribution in [0.2, 0.25) is 0 Å². The minimum Gasteiger partial charge on any atom is -0.381 e. The van der Waals surface area contributed by atoms with Gasteiger partial charge in [-0.15, -0.1) is 0 Å². The molecule has 0 spiro atoms. The van der Waals surface area contributed by atoms with E-state index in [0.717, 1.165) is 0 Å². The minimum atomic E-state index is -1.38. The first-order chi connectivity index (χ1) is 7.93. The number of aliphatic hydroxyl groups is 1. The van der Waals surface area contributed by atoms with E-state index < -0.39 is 16.9 Å². The summed E-state index contributed by atoms with van der Waals surface area (Å²) < 4.78 is 0. The van der Waals surface area contributed by atoms with Gasteiger partial charge < -0.3 is 16.2 Å². The minimum absolute atomic E-state index is 0.0795. The van der Waals surface area contributed by atoms with Crippen LogP contribution in [0.4, 0.5) is 11.4 Å². The van der Waals surface area contributed by atoms with Crippen molar-refractivity contribution in [3.8, 4) is 0 Å². The summed E-state index contributed by atoms with van der Waals surface area (Å²) in [5.41, 5.74) is 5.53. The number of nitro groups is 1. The molecular weight excluding hydrogens is 226 g/mol. The van der Waals surface area contributed by atoms with E-state index in [0.29, 0.717) is 5.56 Å². The van der Waals surface area contributed by atoms with E-state index in [1.807, 2.05) is 0 Å². The van der Waals surface area contributed by atoms with Crippen molar-refractivity contribution in [1.82, 2.24) is 0 Å². The summed E-state index contributed by atoms with van der Waals surface area (Å²) in [5, 5.41) is 22.6. The van der Waals surface area contributed by atoms with E-state index in [4.69, 9.17) is 5.73 Å². The zero-order valence-corrected chi connectivity index (χ0v) is 9.21. The molecule has 7 nitrogen and oxygen atoms in total. The number of amides is 1. The molecule has 1 aromatic carbocycles. The second-order valence-corrected chi connectivity index (χ2v) is 3.53. The zero-order valence-electron chi connectivity index (χ0n) is 9.21. The lowest BCUT2D eigenvalue weighted by molar-refractivity contribution is -0.384. The van der Waals surface area contributed by atoms with Gasteiger partial charge in [0.1, 0.15) is 11.8 Å². The molecule has 92 valence electrons. The van der Waals surface area contributed by atoms with E-state index >= 15 is 0 Å². The van der Waals surface area contributed by atoms with Gasteiger partial charge in [0.05, 0.1) is 11.5 Å². The van der Waals surface area contributed by atoms with Crippen LogP contribution in [0.3, 0.4) is 0 Å². The number of primary amides is 1. The van der Waals surface area contributed by atoms with Gasteiger partial charge in [0.15, 0.2) is 0 Å². The molecule has 1 aromatic rings. The molecule has 0 saturated heterocycles. The highest BCUT2D eigenvalue weighted by Crippen LogP contribution is 2.27. The number of anilines is 1. The van der Waals surface area contributed by atoms with E-state index in [1.165, 1.54) is 6.07 Å². The Hall–Kier alpha value is -2.15. The lowest BCUT2D eigenvalue weighted by atomic mass is 10.1. The summed E-state index contributed by atoms with van der Waals surface area (Å²) in [5.74, 6) is -0.882. The number of para-hydroxylation sites is 1. The molecule has 0 fully saturated rings. The van der Waals surface area contributed by atoms with Gasteiger partial charge in [-0.1, -0.05) is 12.1 Å². The predicted octanol–water partition coefficient (Wildman–Crippen LogP) is 0.161. The molecule has 0 aliphatic heterocycles. The number of rotatable bonds is 5. The molecule has 17 heavy (non-hydrogen) atoms. The summed E-state index contributed by atoms with van der Waals surface area (Å²) >= 11 is 0. The van der Waals surface area contributed by atoms with Crippen molar-refractivity contribution in [3.05, 3.63) is 33.9 Å². The van der Waals surface area contributed by atoms with Gasteiger partial charge in [-0.25, -0.2) is 0 Å². The van der Waals surface area contributed by atoms with Gasteiger partial charge in [-0.05, 0) is 13.0 Å². The number of hydrogen-bond acceptors (Lipinski definition) is 5. The molecule has 1 rings (SSSR count). The standard InChI is InChI=1S/C10H13N3O4/c1-6-3-2-4-7(9(6)13(16)17)12-5-8(14)10(11)15/h2-4,8,12,14H,5H2,1H3,(H2,11,15). The Bertz CT molecular complexity index is 447. The maximum atomic E-state index is 10.8. The van der Waals surface area contributed by atoms with Crippen LogP contribution in [-0.2, 0) is 4.79 Å². The van der Waals surface area contributed by atoms with Crippen LogP contribution >= 0.6 is 0 Å². The van der Waals surface area contributed by atoms with Crippen molar-refractivity contribution < 1.29 is 14.8 Å². The molecule has 0 aliphatic rings. The number of benzene rings is 1. The molecular formula is C10H13N3O4. The number of aliphatic hydroxyl groups excluding tert-OH is 1. The Morgan fingerprint density at radius 1 is 1.65 bits per heavy atom. The maximum absolute atomic E-state index is 10.8. The third-order valence-electron chi connectivity index (χ3n) is 2.23. The van der Waals surface area contributed by atoms with E-state index in [1.54, 1.807) is 19.1 Å². The van der Waals surface area contributed by atoms with Gasteiger partial charge in [-0.3, -0.25) is 14.9 Å². The fourth-order valence-electron chi connectivity index (χ4n) is 1.35. The molecule has 1 atom stereocenters. The largest absolute Gasteiger partial charge is 0.381 e. The van der Waals surface area contributed by atoms with Gasteiger partial charge in [0.2, 0.25) is 5.91 Å². The molecule has 0 aromatic heterocycles. The molecule has 4 N–H and O–H groups in total. The monoisotopic (exact) mass is 239 g/mol. The van der Waals surface area contributed by atoms with Crippen LogP contribution in [0.5, 0.6) is 0 Å². The Labute approximate surface area is 97.4 Å². The van der Waals surface area contributed by atoms with E-state index in [2.05, 4.69) is 5.32 Å². The SMILES string of the molecule is Cc1cccc(NCC(O)C(N)=O)c1[N+](=O)[O-]. The van der Waals surface area contributed by atoms with Crippen molar-refractivity contribution >= 4 is 17.3 Å². The van der Waals surface area contributed by atoms with Crippen molar-refractivity contribution in [2.24, 2.45) is 5.73 Å². The molecule has 7 heteroatoms. The van der Waals surface area contributed by atoms with Crippen LogP contribution in [0.15, 0.2) is 18.2 Å². The zero-order chi connectivity index (χ0) is 13.0. The number of carbonyl (C=O) groups is 1. The fourth-order valence-corrected chi connectivity index (χ4v) is 1.35. The Morgan fingerprint density at radius 2 is 2.29 bits per heavy atom. The van der Waals surface area contributed by atoms with Crippen LogP contribution in [0.1, 0.15) is 5.56 Å². The maximum Gasteiger partial charge on any atom is 0.295 e. The molecule has 0 bridgehead atoms. The van der Waals surface area contributed by atoms with Crippen molar-refractivity contribution in [2.75, 3.05) is 11.9 Å². The highest BCUT2D eigenvalue weighted by Gasteiger charge is 2.18. The van der Waals surface area contributed by atoms with E-state index in [-0.39, 0.29) is 17.9 Å². The third kappa shape index (κ3) is 3.15. The lowest BCUT2D eigenvalue weighted by Gasteiger charge is -2.10. The number of nitro benzene ring substituents is 1. The first-order valence-electron chi connectivity index (χ1n) is 4.88. The molecule has 1 amide bonds. The second kappa shape index (κ2) is 5.26. The average molecular weight is 239 g/mol. The number of carbonyl (C=O) groups excluding carboxylic acids is 1. The summed E-state index contributed by atoms with van der Waals surface area (Å²) in [6.45, 7) is 1.44. The first-order valence-corrected chi connectivity index (χ1v) is 4.88. The Balaban J connectivity index is 2.88. The van der Waals surface area contributed by atoms with Crippen LogP contribution < -0.4 is 11.1 Å². The van der Waals surface area contributed by atoms with Crippen LogP contribution in [0, 0.1) is 17.0 Å². The summed E-state index contributed by atoms with van der Waals surface area (Å²) in [6.07, 6.45) is -1.38. The van der Waals surface area contributed by atoms with Crippen LogP contribution in [-0.4, -0.2) is 28.6 Å². The van der Waals surface area contributed by atoms with Crippen LogP contribution in [0.25, 0.3) is 0 Å². The van der Waals surface area contributed by atoms with Crippen molar-refractivity contribution in [2.45, 2.75) is 13.0 Å². The summed E-state index contributed by atoms with van der Waals surface area (Å²) in [7, 11) is 0. The summed E-state index contributed by atoms with van der Waals surface area (Å²) in [4.78, 5) is 20.9. The van der Waals surface area contributed by atoms with Crippen molar-refractivity contribution in [1.29, 1.82) is 0 Å². The Morgan fingerprint density at radius 3 is 2.82 bits per heavy atom. The van der Waals surface area contributed by atoms with Gasteiger partial charge in [0.25, 0.3) is 5.69 Å². The smallest absolute Gasteiger partial charge is 0.295 e. The van der Waals surface area contributed by atoms with Gasteiger partial charge in [-0.2, -0.15) is 0 Å². The predicted molar refractivity (Wildman–Crippen MR) is 61.5 cm³/mol. The second-order valence-electron chi connectivity index (χ2n) is 3.53. The van der Waals surface area contributed by atoms with E-state index in [9.17, 15) is 20.0 Å². The number of nitrogens with two attached hydrogens (primary N) is 1. The lowest BCUT2D eigenvalue weighted by Crippen LogP contribution is -2.34. The Kier molecular flexibility index (Phi) is 4.00. The molecule has 0 heterocycles. The molecule has 0 saturated carbocycles. The van der Waals surface area contributed by atoms with Gasteiger partial charge >= 0.3 is 0 Å². The number of nitrogens with zero attached hydrogens (tertiary/aromatic N) is 1. The average Bonchev–Trinajstić information content (AvgIpc) is 2.24. The highest BCUT2D eigenvalue weighted by molar-refractivity contribution is 5.79. The topological polar surface area (TPSA) is 118 Å². The summed E-state index contributed by atoms with van der Waals surface area (Å²) in [6, 6.07) is 4.74. The first kappa shape index (κ1) is 12.9. The number of nitrogens with one attached hydrogen (secondary N) is 1. The fraction of sp³-hybridized carbons (Fsp3) is 0.300. The third-order valence-corrected chi connectivity index (χ3v) is 2.23. The number of hydrogen-bond donors (Lipinski definition) is 3. The normalized spacial score (nSPS) is 11.9. The van der Waals surface area contributed by atoms with Crippen molar-refractivity contribution in [3.63, 3.8) is 0 Å². The van der Waals surface area contributed by atoms with Gasteiger partial charge in [0, 0.05) is 5.56 Å².